The molecule has 0 radical (unpaired) electrons. The highest BCUT2D eigenvalue weighted by Gasteiger charge is 2.16. The monoisotopic (exact) mass is 245 g/mol. The average Bonchev–Trinajstić information content (AvgIpc) is 2.74. The number of hydrogen-bond donors (Lipinski definition) is 1. The van der Waals surface area contributed by atoms with Crippen molar-refractivity contribution in [3.63, 3.8) is 0 Å². The molecule has 2 atom stereocenters. The maximum atomic E-state index is 5.62. The molecular weight excluding hydrogens is 218 g/mol. The van der Waals surface area contributed by atoms with Crippen molar-refractivity contribution in [3.8, 4) is 0 Å². The van der Waals surface area contributed by atoms with E-state index in [0.29, 0.717) is 11.4 Å². The van der Waals surface area contributed by atoms with Crippen molar-refractivity contribution in [2.24, 2.45) is 5.92 Å². The lowest BCUT2D eigenvalue weighted by Gasteiger charge is -2.15. The van der Waals surface area contributed by atoms with E-state index in [1.165, 1.54) is 25.0 Å². The van der Waals surface area contributed by atoms with E-state index in [1.54, 1.807) is 0 Å². The van der Waals surface area contributed by atoms with Crippen molar-refractivity contribution in [1.82, 2.24) is 5.32 Å². The molecule has 1 aliphatic rings. The van der Waals surface area contributed by atoms with Gasteiger partial charge in [-0.25, -0.2) is 0 Å². The van der Waals surface area contributed by atoms with Gasteiger partial charge in [-0.2, -0.15) is 11.8 Å². The second-order valence-electron chi connectivity index (χ2n) is 5.17. The number of hydrogen-bond acceptors (Lipinski definition) is 3. The van der Waals surface area contributed by atoms with Crippen LogP contribution in [-0.4, -0.2) is 36.8 Å². The van der Waals surface area contributed by atoms with Gasteiger partial charge in [0.2, 0.25) is 0 Å². The van der Waals surface area contributed by atoms with Crippen LogP contribution in [0, 0.1) is 5.92 Å². The van der Waals surface area contributed by atoms with Gasteiger partial charge in [0.1, 0.15) is 0 Å². The van der Waals surface area contributed by atoms with Crippen molar-refractivity contribution in [1.29, 1.82) is 0 Å². The molecule has 1 N–H and O–H groups in total. The minimum atomic E-state index is 0.531. The minimum Gasteiger partial charge on any atom is -0.377 e. The van der Waals surface area contributed by atoms with Gasteiger partial charge in [-0.1, -0.05) is 20.8 Å². The number of nitrogens with one attached hydrogen (secondary N) is 1. The topological polar surface area (TPSA) is 21.3 Å². The zero-order valence-corrected chi connectivity index (χ0v) is 11.8. The van der Waals surface area contributed by atoms with E-state index in [0.717, 1.165) is 25.6 Å². The van der Waals surface area contributed by atoms with Gasteiger partial charge in [0.05, 0.1) is 6.10 Å². The molecule has 16 heavy (non-hydrogen) atoms. The Bertz CT molecular complexity index is 169. The largest absolute Gasteiger partial charge is 0.377 e. The smallest absolute Gasteiger partial charge is 0.0666 e. The summed E-state index contributed by atoms with van der Waals surface area (Å²) in [6.45, 7) is 10.1. The lowest BCUT2D eigenvalue weighted by Crippen LogP contribution is -2.25. The first-order chi connectivity index (χ1) is 7.68. The van der Waals surface area contributed by atoms with Crippen LogP contribution in [0.1, 0.15) is 40.0 Å². The fourth-order valence-electron chi connectivity index (χ4n) is 1.80. The van der Waals surface area contributed by atoms with Crippen LogP contribution >= 0.6 is 11.8 Å². The van der Waals surface area contributed by atoms with E-state index in [9.17, 15) is 0 Å². The normalized spacial score (nSPS) is 22.9. The van der Waals surface area contributed by atoms with Crippen molar-refractivity contribution in [2.75, 3.05) is 25.4 Å². The quantitative estimate of drug-likeness (QED) is 0.664. The fourth-order valence-corrected chi connectivity index (χ4v) is 2.84. The Morgan fingerprint density at radius 3 is 2.81 bits per heavy atom. The SMILES string of the molecule is CC(C)CCNCC(C)SCC1CCCO1. The van der Waals surface area contributed by atoms with Crippen LogP contribution in [0.3, 0.4) is 0 Å². The third-order valence-electron chi connectivity index (χ3n) is 2.92. The average molecular weight is 245 g/mol. The number of ether oxygens (including phenoxy) is 1. The summed E-state index contributed by atoms with van der Waals surface area (Å²) in [5.41, 5.74) is 0. The first-order valence-electron chi connectivity index (χ1n) is 6.62. The van der Waals surface area contributed by atoms with E-state index in [4.69, 9.17) is 4.74 Å². The highest BCUT2D eigenvalue weighted by atomic mass is 32.2. The molecule has 0 saturated carbocycles. The second kappa shape index (κ2) is 8.37. The predicted octanol–water partition coefficient (Wildman–Crippen LogP) is 2.92. The van der Waals surface area contributed by atoms with Gasteiger partial charge in [-0.15, -0.1) is 0 Å². The summed E-state index contributed by atoms with van der Waals surface area (Å²) in [5, 5.41) is 4.24. The molecule has 0 spiro atoms. The van der Waals surface area contributed by atoms with Crippen LogP contribution in [0.5, 0.6) is 0 Å². The zero-order valence-electron chi connectivity index (χ0n) is 11.0. The first-order valence-corrected chi connectivity index (χ1v) is 7.67. The van der Waals surface area contributed by atoms with E-state index < -0.39 is 0 Å². The summed E-state index contributed by atoms with van der Waals surface area (Å²) in [7, 11) is 0. The second-order valence-corrected chi connectivity index (χ2v) is 6.64. The maximum Gasteiger partial charge on any atom is 0.0666 e. The van der Waals surface area contributed by atoms with E-state index in [2.05, 4.69) is 26.1 Å². The summed E-state index contributed by atoms with van der Waals surface area (Å²) < 4.78 is 5.62. The standard InChI is InChI=1S/C13H27NOS/c1-11(2)6-7-14-9-12(3)16-10-13-5-4-8-15-13/h11-14H,4-10H2,1-3H3. The molecule has 2 nitrogen and oxygen atoms in total. The van der Waals surface area contributed by atoms with Crippen LogP contribution in [0.2, 0.25) is 0 Å². The molecule has 0 aromatic rings. The molecule has 1 fully saturated rings. The van der Waals surface area contributed by atoms with Crippen LogP contribution in [0.25, 0.3) is 0 Å². The summed E-state index contributed by atoms with van der Waals surface area (Å²) in [5.74, 6) is 1.98. The summed E-state index contributed by atoms with van der Waals surface area (Å²) in [6.07, 6.45) is 4.33. The Hall–Kier alpha value is 0.270. The van der Waals surface area contributed by atoms with Crippen molar-refractivity contribution < 1.29 is 4.74 Å². The van der Waals surface area contributed by atoms with Gasteiger partial charge < -0.3 is 10.1 Å². The van der Waals surface area contributed by atoms with E-state index in [-0.39, 0.29) is 0 Å². The lowest BCUT2D eigenvalue weighted by atomic mass is 10.1. The molecule has 0 amide bonds. The molecule has 0 bridgehead atoms. The Labute approximate surface area is 105 Å². The van der Waals surface area contributed by atoms with Crippen molar-refractivity contribution in [2.45, 2.75) is 51.4 Å². The van der Waals surface area contributed by atoms with Crippen molar-refractivity contribution in [3.05, 3.63) is 0 Å². The van der Waals surface area contributed by atoms with Gasteiger partial charge in [0, 0.05) is 24.2 Å². The van der Waals surface area contributed by atoms with Crippen LogP contribution in [0.4, 0.5) is 0 Å². The molecule has 2 unspecified atom stereocenters. The summed E-state index contributed by atoms with van der Waals surface area (Å²) in [6, 6.07) is 0. The first kappa shape index (κ1) is 14.3. The van der Waals surface area contributed by atoms with Crippen LogP contribution in [-0.2, 0) is 4.74 Å². The van der Waals surface area contributed by atoms with Crippen LogP contribution in [0.15, 0.2) is 0 Å². The summed E-state index contributed by atoms with van der Waals surface area (Å²) >= 11 is 2.04. The molecule has 0 aliphatic carbocycles. The third-order valence-corrected chi connectivity index (χ3v) is 4.22. The van der Waals surface area contributed by atoms with Gasteiger partial charge in [-0.3, -0.25) is 0 Å². The summed E-state index contributed by atoms with van der Waals surface area (Å²) in [4.78, 5) is 0. The van der Waals surface area contributed by atoms with Crippen LogP contribution < -0.4 is 5.32 Å². The highest BCUT2D eigenvalue weighted by molar-refractivity contribution is 7.99. The molecule has 1 heterocycles. The van der Waals surface area contributed by atoms with E-state index >= 15 is 0 Å². The van der Waals surface area contributed by atoms with Gasteiger partial charge >= 0.3 is 0 Å². The van der Waals surface area contributed by atoms with Crippen molar-refractivity contribution >= 4 is 11.8 Å². The Balaban J connectivity index is 1.91. The molecule has 96 valence electrons. The highest BCUT2D eigenvalue weighted by Crippen LogP contribution is 2.19. The third kappa shape index (κ3) is 6.77. The van der Waals surface area contributed by atoms with Gasteiger partial charge in [0.25, 0.3) is 0 Å². The Kier molecular flexibility index (Phi) is 7.50. The molecule has 1 rings (SSSR count). The number of thioether (sulfide) groups is 1. The Morgan fingerprint density at radius 1 is 1.38 bits per heavy atom. The lowest BCUT2D eigenvalue weighted by molar-refractivity contribution is 0.129. The molecule has 0 aromatic carbocycles. The van der Waals surface area contributed by atoms with Gasteiger partial charge in [0.15, 0.2) is 0 Å². The zero-order chi connectivity index (χ0) is 11.8. The molecule has 3 heteroatoms. The van der Waals surface area contributed by atoms with E-state index in [1.807, 2.05) is 11.8 Å². The Morgan fingerprint density at radius 2 is 2.19 bits per heavy atom. The molecule has 0 aromatic heterocycles. The number of rotatable bonds is 8. The molecule has 1 aliphatic heterocycles. The fraction of sp³-hybridized carbons (Fsp3) is 1.00. The maximum absolute atomic E-state index is 5.62. The predicted molar refractivity (Wildman–Crippen MR) is 73.2 cm³/mol. The molecule has 1 saturated heterocycles. The molecular formula is C13H27NOS. The minimum absolute atomic E-state index is 0.531. The van der Waals surface area contributed by atoms with Gasteiger partial charge in [-0.05, 0) is 31.7 Å².